The van der Waals surface area contributed by atoms with Crippen molar-refractivity contribution in [1.82, 2.24) is 10.2 Å². The highest BCUT2D eigenvalue weighted by Gasteiger charge is 2.30. The first-order valence-electron chi connectivity index (χ1n) is 8.69. The average Bonchev–Trinajstić information content (AvgIpc) is 3.09. The molecule has 3 rings (SSSR count). The number of carbonyl (C=O) groups excluding carboxylic acids is 1. The number of carbonyl (C=O) groups is 1. The van der Waals surface area contributed by atoms with Gasteiger partial charge in [-0.25, -0.2) is 4.79 Å². The van der Waals surface area contributed by atoms with E-state index in [2.05, 4.69) is 29.6 Å². The van der Waals surface area contributed by atoms with E-state index in [1.165, 1.54) is 11.1 Å². The maximum Gasteiger partial charge on any atom is 0.410 e. The molecule has 0 radical (unpaired) electrons. The van der Waals surface area contributed by atoms with Gasteiger partial charge in [-0.05, 0) is 63.6 Å². The van der Waals surface area contributed by atoms with Crippen molar-refractivity contribution in [3.8, 4) is 0 Å². The van der Waals surface area contributed by atoms with Crippen LogP contribution in [0.3, 0.4) is 0 Å². The summed E-state index contributed by atoms with van der Waals surface area (Å²) in [7, 11) is 0. The fourth-order valence-corrected chi connectivity index (χ4v) is 3.53. The number of likely N-dealkylation sites (tertiary alicyclic amines) is 1. The molecule has 0 bridgehead atoms. The van der Waals surface area contributed by atoms with Crippen LogP contribution in [0, 0.1) is 5.92 Å². The summed E-state index contributed by atoms with van der Waals surface area (Å²) in [6.07, 6.45) is 3.14. The molecule has 23 heavy (non-hydrogen) atoms. The number of ether oxygens (including phenoxy) is 1. The summed E-state index contributed by atoms with van der Waals surface area (Å²) in [5.74, 6) is 0.534. The smallest absolute Gasteiger partial charge is 0.410 e. The van der Waals surface area contributed by atoms with Crippen molar-refractivity contribution < 1.29 is 9.53 Å². The first-order valence-corrected chi connectivity index (χ1v) is 8.69. The third-order valence-electron chi connectivity index (χ3n) is 4.68. The molecule has 1 N–H and O–H groups in total. The Balaban J connectivity index is 1.42. The number of benzene rings is 1. The van der Waals surface area contributed by atoms with Gasteiger partial charge in [0.1, 0.15) is 5.60 Å². The fourth-order valence-electron chi connectivity index (χ4n) is 3.53. The number of hydrogen-bond acceptors (Lipinski definition) is 3. The topological polar surface area (TPSA) is 41.6 Å². The summed E-state index contributed by atoms with van der Waals surface area (Å²) < 4.78 is 5.46. The van der Waals surface area contributed by atoms with E-state index >= 15 is 0 Å². The molecule has 0 saturated carbocycles. The first kappa shape index (κ1) is 16.3. The van der Waals surface area contributed by atoms with Gasteiger partial charge >= 0.3 is 6.09 Å². The molecule has 126 valence electrons. The molecule has 1 unspecified atom stereocenters. The number of nitrogens with one attached hydrogen (secondary N) is 1. The summed E-state index contributed by atoms with van der Waals surface area (Å²) >= 11 is 0. The van der Waals surface area contributed by atoms with Gasteiger partial charge in [0.25, 0.3) is 0 Å². The van der Waals surface area contributed by atoms with Crippen LogP contribution in [0.4, 0.5) is 4.79 Å². The minimum atomic E-state index is -0.414. The van der Waals surface area contributed by atoms with Crippen molar-refractivity contribution in [2.45, 2.75) is 51.7 Å². The zero-order chi connectivity index (χ0) is 16.4. The van der Waals surface area contributed by atoms with E-state index in [0.717, 1.165) is 38.9 Å². The Morgan fingerprint density at radius 2 is 1.91 bits per heavy atom. The Hall–Kier alpha value is -1.55. The van der Waals surface area contributed by atoms with E-state index in [-0.39, 0.29) is 6.09 Å². The molecule has 1 heterocycles. The van der Waals surface area contributed by atoms with E-state index in [0.29, 0.717) is 12.0 Å². The number of fused-ring (bicyclic) bond motifs is 1. The molecule has 0 aromatic heterocycles. The van der Waals surface area contributed by atoms with E-state index in [1.807, 2.05) is 25.7 Å². The lowest BCUT2D eigenvalue weighted by molar-refractivity contribution is 0.0288. The normalized spacial score (nSPS) is 21.5. The van der Waals surface area contributed by atoms with Gasteiger partial charge in [-0.3, -0.25) is 0 Å². The molecule has 1 amide bonds. The molecule has 4 nitrogen and oxygen atoms in total. The van der Waals surface area contributed by atoms with Gasteiger partial charge in [-0.15, -0.1) is 0 Å². The predicted molar refractivity (Wildman–Crippen MR) is 91.6 cm³/mol. The highest BCUT2D eigenvalue weighted by atomic mass is 16.6. The maximum absolute atomic E-state index is 12.1. The highest BCUT2D eigenvalue weighted by molar-refractivity contribution is 5.68. The fraction of sp³-hybridized carbons (Fsp3) is 0.632. The molecule has 1 atom stereocenters. The molecule has 1 aliphatic carbocycles. The molecular formula is C19H28N2O2. The molecule has 0 spiro atoms. The number of nitrogens with zero attached hydrogens (tertiary/aromatic N) is 1. The van der Waals surface area contributed by atoms with Crippen LogP contribution in [0.15, 0.2) is 24.3 Å². The van der Waals surface area contributed by atoms with Crippen molar-refractivity contribution in [2.75, 3.05) is 19.6 Å². The highest BCUT2D eigenvalue weighted by Crippen LogP contribution is 2.23. The van der Waals surface area contributed by atoms with Crippen molar-refractivity contribution in [3.05, 3.63) is 35.4 Å². The first-order chi connectivity index (χ1) is 10.9. The largest absolute Gasteiger partial charge is 0.444 e. The lowest BCUT2D eigenvalue weighted by atomic mass is 10.1. The Morgan fingerprint density at radius 1 is 1.26 bits per heavy atom. The zero-order valence-electron chi connectivity index (χ0n) is 14.5. The molecular weight excluding hydrogens is 288 g/mol. The van der Waals surface area contributed by atoms with Gasteiger partial charge in [0.15, 0.2) is 0 Å². The third kappa shape index (κ3) is 4.25. The average molecular weight is 316 g/mol. The molecule has 1 aromatic rings. The summed E-state index contributed by atoms with van der Waals surface area (Å²) in [4.78, 5) is 13.9. The number of hydrogen-bond donors (Lipinski definition) is 1. The third-order valence-corrected chi connectivity index (χ3v) is 4.68. The van der Waals surface area contributed by atoms with E-state index in [1.54, 1.807) is 0 Å². The predicted octanol–water partition coefficient (Wildman–Crippen LogP) is 3.00. The summed E-state index contributed by atoms with van der Waals surface area (Å²) in [5.41, 5.74) is 2.54. The molecule has 2 aliphatic rings. The van der Waals surface area contributed by atoms with Crippen LogP contribution in [-0.2, 0) is 17.6 Å². The van der Waals surface area contributed by atoms with Crippen molar-refractivity contribution >= 4 is 6.09 Å². The number of amides is 1. The van der Waals surface area contributed by atoms with Crippen molar-refractivity contribution in [1.29, 1.82) is 0 Å². The second kappa shape index (κ2) is 6.52. The molecule has 1 aromatic carbocycles. The maximum atomic E-state index is 12.1. The van der Waals surface area contributed by atoms with E-state index in [9.17, 15) is 4.79 Å². The van der Waals surface area contributed by atoms with Crippen LogP contribution >= 0.6 is 0 Å². The summed E-state index contributed by atoms with van der Waals surface area (Å²) in [5, 5.41) is 3.70. The lowest BCUT2D eigenvalue weighted by Crippen LogP contribution is -2.37. The van der Waals surface area contributed by atoms with Gasteiger partial charge in [0.2, 0.25) is 0 Å². The Labute approximate surface area is 139 Å². The van der Waals surface area contributed by atoms with Crippen LogP contribution in [0.5, 0.6) is 0 Å². The van der Waals surface area contributed by atoms with Crippen LogP contribution in [0.25, 0.3) is 0 Å². The number of rotatable bonds is 3. The van der Waals surface area contributed by atoms with Crippen LogP contribution in [-0.4, -0.2) is 42.3 Å². The lowest BCUT2D eigenvalue weighted by Gasteiger charge is -2.24. The van der Waals surface area contributed by atoms with Crippen molar-refractivity contribution in [3.63, 3.8) is 0 Å². The molecule has 1 aliphatic heterocycles. The molecule has 1 fully saturated rings. The van der Waals surface area contributed by atoms with Crippen LogP contribution in [0.2, 0.25) is 0 Å². The second-order valence-electron chi connectivity index (χ2n) is 7.86. The summed E-state index contributed by atoms with van der Waals surface area (Å²) in [6, 6.07) is 9.25. The van der Waals surface area contributed by atoms with Crippen LogP contribution in [0.1, 0.15) is 38.3 Å². The standard InChI is InChI=1S/C19H28N2O2/c1-19(2,3)23-18(22)21-9-8-14(13-21)12-20-17-10-15-6-4-5-7-16(15)11-17/h4-7,14,17,20H,8-13H2,1-3H3. The minimum Gasteiger partial charge on any atom is -0.444 e. The Morgan fingerprint density at radius 3 is 2.52 bits per heavy atom. The van der Waals surface area contributed by atoms with Gasteiger partial charge in [0.05, 0.1) is 0 Å². The second-order valence-corrected chi connectivity index (χ2v) is 7.86. The SMILES string of the molecule is CC(C)(C)OC(=O)N1CCC(CNC2Cc3ccccc3C2)C1. The Kier molecular flexibility index (Phi) is 4.62. The monoisotopic (exact) mass is 316 g/mol. The Bertz CT molecular complexity index is 540. The van der Waals surface area contributed by atoms with Gasteiger partial charge in [-0.2, -0.15) is 0 Å². The molecule has 1 saturated heterocycles. The van der Waals surface area contributed by atoms with Crippen LogP contribution < -0.4 is 5.32 Å². The van der Waals surface area contributed by atoms with E-state index in [4.69, 9.17) is 4.74 Å². The zero-order valence-corrected chi connectivity index (χ0v) is 14.5. The van der Waals surface area contributed by atoms with Gasteiger partial charge in [-0.1, -0.05) is 24.3 Å². The van der Waals surface area contributed by atoms with Gasteiger partial charge in [0, 0.05) is 19.1 Å². The minimum absolute atomic E-state index is 0.173. The summed E-state index contributed by atoms with van der Waals surface area (Å²) in [6.45, 7) is 8.35. The van der Waals surface area contributed by atoms with Gasteiger partial charge < -0.3 is 15.0 Å². The van der Waals surface area contributed by atoms with Crippen molar-refractivity contribution in [2.24, 2.45) is 5.92 Å². The van der Waals surface area contributed by atoms with E-state index < -0.39 is 5.60 Å². The molecule has 4 heteroatoms. The quantitative estimate of drug-likeness (QED) is 0.932.